The van der Waals surface area contributed by atoms with Crippen LogP contribution in [0, 0.1) is 0 Å². The molecule has 0 radical (unpaired) electrons. The van der Waals surface area contributed by atoms with Crippen molar-refractivity contribution < 1.29 is 28.7 Å². The zero-order chi connectivity index (χ0) is 20.2. The van der Waals surface area contributed by atoms with Gasteiger partial charge in [-0.2, -0.15) is 0 Å². The van der Waals surface area contributed by atoms with Gasteiger partial charge >= 0.3 is 5.97 Å². The Balaban J connectivity index is 1.77. The molecule has 27 heavy (non-hydrogen) atoms. The fourth-order valence-electron chi connectivity index (χ4n) is 2.37. The molecule has 1 aliphatic rings. The van der Waals surface area contributed by atoms with Crippen LogP contribution in [-0.2, 0) is 19.1 Å². The fourth-order valence-corrected chi connectivity index (χ4v) is 2.37. The Bertz CT molecular complexity index is 762. The zero-order valence-corrected chi connectivity index (χ0v) is 15.3. The van der Waals surface area contributed by atoms with Gasteiger partial charge in [0.15, 0.2) is 0 Å². The summed E-state index contributed by atoms with van der Waals surface area (Å²) in [5.74, 6) is -2.98. The van der Waals surface area contributed by atoms with Gasteiger partial charge in [-0.3, -0.25) is 28.9 Å². The van der Waals surface area contributed by atoms with Gasteiger partial charge < -0.3 is 15.4 Å². The number of carbonyl (C=O) groups is 5. The highest BCUT2D eigenvalue weighted by Gasteiger charge is 2.36. The number of hydrogen-bond donors (Lipinski definition) is 2. The van der Waals surface area contributed by atoms with Crippen molar-refractivity contribution in [1.29, 1.82) is 0 Å². The highest BCUT2D eigenvalue weighted by Crippen LogP contribution is 2.21. The van der Waals surface area contributed by atoms with Crippen LogP contribution in [0.4, 0.5) is 0 Å². The minimum absolute atomic E-state index is 0.241. The number of fused-ring (bicyclic) bond motifs is 1. The molecule has 144 valence electrons. The second kappa shape index (κ2) is 7.98. The van der Waals surface area contributed by atoms with Gasteiger partial charge in [0.05, 0.1) is 17.7 Å². The van der Waals surface area contributed by atoms with Crippen molar-refractivity contribution >= 4 is 29.6 Å². The first kappa shape index (κ1) is 20.1. The monoisotopic (exact) mass is 375 g/mol. The van der Waals surface area contributed by atoms with E-state index in [1.54, 1.807) is 32.9 Å². The van der Waals surface area contributed by atoms with Crippen LogP contribution < -0.4 is 10.6 Å². The van der Waals surface area contributed by atoms with Gasteiger partial charge in [-0.1, -0.05) is 12.1 Å². The Morgan fingerprint density at radius 1 is 0.926 bits per heavy atom. The topological polar surface area (TPSA) is 122 Å². The van der Waals surface area contributed by atoms with Gasteiger partial charge in [-0.15, -0.1) is 0 Å². The quantitative estimate of drug-likeness (QED) is 0.527. The van der Waals surface area contributed by atoms with E-state index in [0.717, 1.165) is 4.90 Å². The molecule has 1 aromatic rings. The van der Waals surface area contributed by atoms with E-state index in [1.807, 2.05) is 0 Å². The van der Waals surface area contributed by atoms with E-state index in [1.165, 1.54) is 12.1 Å². The molecular formula is C18H21N3O6. The maximum absolute atomic E-state index is 12.2. The average molecular weight is 375 g/mol. The SMILES string of the molecule is CC(C)(C)OC(=O)CNC(=O)CNC(=O)CN1C(=O)c2ccccc2C1=O. The Morgan fingerprint density at radius 2 is 1.44 bits per heavy atom. The molecule has 0 aliphatic carbocycles. The molecule has 2 rings (SSSR count). The number of rotatable bonds is 6. The van der Waals surface area contributed by atoms with E-state index in [0.29, 0.717) is 0 Å². The van der Waals surface area contributed by atoms with Crippen molar-refractivity contribution in [1.82, 2.24) is 15.5 Å². The summed E-state index contributed by atoms with van der Waals surface area (Å²) in [5.41, 5.74) is -0.182. The lowest BCUT2D eigenvalue weighted by atomic mass is 10.1. The molecule has 0 unspecified atom stereocenters. The molecule has 0 fully saturated rings. The number of ether oxygens (including phenoxy) is 1. The molecule has 9 heteroatoms. The molecule has 1 heterocycles. The third-order valence-corrected chi connectivity index (χ3v) is 3.48. The van der Waals surface area contributed by atoms with E-state index in [-0.39, 0.29) is 17.7 Å². The summed E-state index contributed by atoms with van der Waals surface area (Å²) in [5, 5.41) is 4.61. The number of hydrogen-bond acceptors (Lipinski definition) is 6. The van der Waals surface area contributed by atoms with E-state index < -0.39 is 48.3 Å². The van der Waals surface area contributed by atoms with E-state index in [9.17, 15) is 24.0 Å². The second-order valence-corrected chi connectivity index (χ2v) is 6.88. The van der Waals surface area contributed by atoms with E-state index >= 15 is 0 Å². The molecular weight excluding hydrogens is 354 g/mol. The molecule has 1 aliphatic heterocycles. The molecule has 2 N–H and O–H groups in total. The second-order valence-electron chi connectivity index (χ2n) is 6.88. The first-order chi connectivity index (χ1) is 12.6. The van der Waals surface area contributed by atoms with Crippen LogP contribution in [0.15, 0.2) is 24.3 Å². The minimum Gasteiger partial charge on any atom is -0.459 e. The van der Waals surface area contributed by atoms with E-state index in [2.05, 4.69) is 10.6 Å². The molecule has 0 saturated carbocycles. The van der Waals surface area contributed by atoms with Crippen LogP contribution >= 0.6 is 0 Å². The molecule has 0 aromatic heterocycles. The van der Waals surface area contributed by atoms with Gasteiger partial charge in [0.1, 0.15) is 18.7 Å². The molecule has 9 nitrogen and oxygen atoms in total. The van der Waals surface area contributed by atoms with Crippen molar-refractivity contribution in [2.24, 2.45) is 0 Å². The van der Waals surface area contributed by atoms with Crippen LogP contribution in [0.3, 0.4) is 0 Å². The molecule has 0 spiro atoms. The summed E-state index contributed by atoms with van der Waals surface area (Å²) in [4.78, 5) is 60.3. The molecule has 4 amide bonds. The van der Waals surface area contributed by atoms with E-state index in [4.69, 9.17) is 4.74 Å². The van der Waals surface area contributed by atoms with Gasteiger partial charge in [-0.25, -0.2) is 0 Å². The van der Waals surface area contributed by atoms with Crippen molar-refractivity contribution in [3.8, 4) is 0 Å². The largest absolute Gasteiger partial charge is 0.459 e. The van der Waals surface area contributed by atoms with Crippen molar-refractivity contribution in [3.63, 3.8) is 0 Å². The van der Waals surface area contributed by atoms with Crippen LogP contribution in [0.25, 0.3) is 0 Å². The maximum atomic E-state index is 12.2. The molecule has 1 aromatic carbocycles. The minimum atomic E-state index is -0.670. The normalized spacial score (nSPS) is 13.2. The predicted octanol–water partition coefficient (Wildman–Crippen LogP) is -0.143. The van der Waals surface area contributed by atoms with Crippen LogP contribution in [0.5, 0.6) is 0 Å². The molecule has 0 saturated heterocycles. The standard InChI is InChI=1S/C18H21N3O6/c1-18(2,3)27-15(24)9-20-13(22)8-19-14(23)10-21-16(25)11-6-4-5-7-12(11)17(21)26/h4-7H,8-10H2,1-3H3,(H,19,23)(H,20,22). The molecule has 0 atom stereocenters. The lowest BCUT2D eigenvalue weighted by Gasteiger charge is -2.19. The summed E-state index contributed by atoms with van der Waals surface area (Å²) >= 11 is 0. The fraction of sp³-hybridized carbons (Fsp3) is 0.389. The Morgan fingerprint density at radius 3 is 1.96 bits per heavy atom. The Hall–Kier alpha value is -3.23. The smallest absolute Gasteiger partial charge is 0.325 e. The maximum Gasteiger partial charge on any atom is 0.325 e. The first-order valence-corrected chi connectivity index (χ1v) is 8.29. The van der Waals surface area contributed by atoms with Gasteiger partial charge in [0.25, 0.3) is 11.8 Å². The van der Waals surface area contributed by atoms with Gasteiger partial charge in [0.2, 0.25) is 11.8 Å². The number of benzene rings is 1. The Kier molecular flexibility index (Phi) is 5.94. The number of nitrogens with one attached hydrogen (secondary N) is 2. The number of esters is 1. The summed E-state index contributed by atoms with van der Waals surface area (Å²) in [7, 11) is 0. The summed E-state index contributed by atoms with van der Waals surface area (Å²) in [6.07, 6.45) is 0. The number of nitrogens with zero attached hydrogens (tertiary/aromatic N) is 1. The van der Waals surface area contributed by atoms with Crippen molar-refractivity contribution in [3.05, 3.63) is 35.4 Å². The van der Waals surface area contributed by atoms with Crippen LogP contribution in [0.2, 0.25) is 0 Å². The zero-order valence-electron chi connectivity index (χ0n) is 15.3. The van der Waals surface area contributed by atoms with Crippen molar-refractivity contribution in [2.75, 3.05) is 19.6 Å². The van der Waals surface area contributed by atoms with Crippen LogP contribution in [0.1, 0.15) is 41.5 Å². The van der Waals surface area contributed by atoms with Gasteiger partial charge in [0, 0.05) is 0 Å². The third kappa shape index (κ3) is 5.37. The summed E-state index contributed by atoms with van der Waals surface area (Å²) in [6.45, 7) is 3.88. The first-order valence-electron chi connectivity index (χ1n) is 8.29. The predicted molar refractivity (Wildman–Crippen MR) is 93.7 cm³/mol. The lowest BCUT2D eigenvalue weighted by Crippen LogP contribution is -2.44. The molecule has 0 bridgehead atoms. The third-order valence-electron chi connectivity index (χ3n) is 3.48. The highest BCUT2D eigenvalue weighted by molar-refractivity contribution is 6.22. The number of amides is 4. The highest BCUT2D eigenvalue weighted by atomic mass is 16.6. The van der Waals surface area contributed by atoms with Gasteiger partial charge in [-0.05, 0) is 32.9 Å². The van der Waals surface area contributed by atoms with Crippen LogP contribution in [-0.4, -0.2) is 59.7 Å². The summed E-state index contributed by atoms with van der Waals surface area (Å²) < 4.78 is 5.03. The average Bonchev–Trinajstić information content (AvgIpc) is 2.82. The number of imide groups is 1. The lowest BCUT2D eigenvalue weighted by molar-refractivity contribution is -0.154. The number of carbonyl (C=O) groups excluding carboxylic acids is 5. The Labute approximate surface area is 156 Å². The summed E-state index contributed by atoms with van der Waals surface area (Å²) in [6, 6.07) is 6.28. The van der Waals surface area contributed by atoms with Crippen molar-refractivity contribution in [2.45, 2.75) is 26.4 Å².